The molecule has 8 N–H and O–H groups in total. The normalized spacial score (nSPS) is 26.5. The van der Waals surface area contributed by atoms with Gasteiger partial charge in [-0.1, -0.05) is 5.92 Å². The summed E-state index contributed by atoms with van der Waals surface area (Å²) in [4.78, 5) is 48.8. The Morgan fingerprint density at radius 3 is 2.41 bits per heavy atom. The van der Waals surface area contributed by atoms with Crippen molar-refractivity contribution in [3.8, 4) is 17.6 Å². The van der Waals surface area contributed by atoms with Gasteiger partial charge in [-0.05, 0) is 42.4 Å². The molecule has 10 nitrogen and oxygen atoms in total. The second kappa shape index (κ2) is 6.96. The minimum atomic E-state index is -2.62. The summed E-state index contributed by atoms with van der Waals surface area (Å²) in [5.41, 5.74) is 6.91. The minimum absolute atomic E-state index is 0.00125. The van der Waals surface area contributed by atoms with Crippen LogP contribution in [-0.2, 0) is 20.8 Å². The monoisotopic (exact) mass is 438 g/mol. The molecule has 0 saturated carbocycles. The number of aromatic hydroxyl groups is 1. The van der Waals surface area contributed by atoms with Crippen LogP contribution in [0.25, 0.3) is 0 Å². The van der Waals surface area contributed by atoms with Crippen molar-refractivity contribution in [2.45, 2.75) is 24.9 Å². The fraction of sp³-hybridized carbons (Fsp3) is 0.273. The summed E-state index contributed by atoms with van der Waals surface area (Å²) < 4.78 is 0. The topological polar surface area (TPSA) is 201 Å². The van der Waals surface area contributed by atoms with Gasteiger partial charge in [-0.25, -0.2) is 0 Å². The Labute approximate surface area is 180 Å². The molecule has 164 valence electrons. The number of benzene rings is 1. The van der Waals surface area contributed by atoms with Crippen molar-refractivity contribution in [3.05, 3.63) is 51.5 Å². The molecule has 0 aliphatic heterocycles. The predicted octanol–water partition coefficient (Wildman–Crippen LogP) is -0.583. The number of carbonyl (C=O) groups is 4. The summed E-state index contributed by atoms with van der Waals surface area (Å²) in [5.74, 6) is -3.19. The average molecular weight is 438 g/mol. The molecule has 0 saturated heterocycles. The standard InChI is InChI=1S/C22H18N2O8/c23-14(27)4-2-8-1-3-12(25)16-11(8)6-9-5-10-7-13(26)17(21(24)31)20(30)22(10,32)19(29)15(9)18(16)28/h1,3,9-10,25-26,29,32H,5-7H2,(H2,23,27)(H2,24,31)/t9-,10+,22+/m1/s1. The van der Waals surface area contributed by atoms with E-state index in [2.05, 4.69) is 11.8 Å². The average Bonchev–Trinajstić information content (AvgIpc) is 2.69. The SMILES string of the molecule is NC(=O)C#Cc1ccc(O)c2c1C[C@H]1C[C@H]3CC(O)=C(C(N)=O)C(=O)[C@@]3(O)C(O)=C1C2=O. The molecule has 1 aromatic rings. The number of ketones is 2. The zero-order valence-corrected chi connectivity index (χ0v) is 16.5. The molecule has 0 heterocycles. The number of Topliss-reactive ketones (excluding diaryl/α,β-unsaturated/α-hetero) is 2. The molecule has 3 aliphatic rings. The lowest BCUT2D eigenvalue weighted by atomic mass is 9.60. The summed E-state index contributed by atoms with van der Waals surface area (Å²) in [6.45, 7) is 0. The van der Waals surface area contributed by atoms with Crippen LogP contribution in [0.5, 0.6) is 5.75 Å². The van der Waals surface area contributed by atoms with Crippen LogP contribution in [0.4, 0.5) is 0 Å². The van der Waals surface area contributed by atoms with E-state index in [1.165, 1.54) is 12.1 Å². The minimum Gasteiger partial charge on any atom is -0.511 e. The Bertz CT molecular complexity index is 1260. The highest BCUT2D eigenvalue weighted by molar-refractivity contribution is 6.24. The van der Waals surface area contributed by atoms with E-state index in [0.717, 1.165) is 0 Å². The van der Waals surface area contributed by atoms with Crippen LogP contribution < -0.4 is 11.5 Å². The summed E-state index contributed by atoms with van der Waals surface area (Å²) in [7, 11) is 0. The summed E-state index contributed by atoms with van der Waals surface area (Å²) >= 11 is 0. The third kappa shape index (κ3) is 2.79. The van der Waals surface area contributed by atoms with Gasteiger partial charge < -0.3 is 31.9 Å². The van der Waals surface area contributed by atoms with E-state index in [0.29, 0.717) is 5.56 Å². The van der Waals surface area contributed by atoms with Gasteiger partial charge in [0.15, 0.2) is 11.4 Å². The smallest absolute Gasteiger partial charge is 0.293 e. The van der Waals surface area contributed by atoms with Crippen LogP contribution in [-0.4, -0.2) is 49.4 Å². The van der Waals surface area contributed by atoms with Gasteiger partial charge in [0, 0.05) is 23.5 Å². The maximum atomic E-state index is 13.3. The second-order valence-corrected chi connectivity index (χ2v) is 8.01. The Morgan fingerprint density at radius 2 is 1.78 bits per heavy atom. The quantitative estimate of drug-likeness (QED) is 0.247. The number of rotatable bonds is 1. The Hall–Kier alpha value is -4.10. The van der Waals surface area contributed by atoms with Gasteiger partial charge >= 0.3 is 0 Å². The molecule has 1 aromatic carbocycles. The van der Waals surface area contributed by atoms with Crippen molar-refractivity contribution in [2.75, 3.05) is 0 Å². The van der Waals surface area contributed by atoms with E-state index in [4.69, 9.17) is 11.5 Å². The van der Waals surface area contributed by atoms with Gasteiger partial charge in [0.2, 0.25) is 5.78 Å². The van der Waals surface area contributed by atoms with Crippen LogP contribution in [0.2, 0.25) is 0 Å². The van der Waals surface area contributed by atoms with Gasteiger partial charge in [0.05, 0.1) is 5.56 Å². The van der Waals surface area contributed by atoms with Crippen molar-refractivity contribution in [3.63, 3.8) is 0 Å². The molecule has 4 rings (SSSR count). The van der Waals surface area contributed by atoms with E-state index in [-0.39, 0.29) is 36.0 Å². The van der Waals surface area contributed by atoms with Crippen molar-refractivity contribution in [1.82, 2.24) is 0 Å². The lowest BCUT2D eigenvalue weighted by molar-refractivity contribution is -0.144. The van der Waals surface area contributed by atoms with E-state index >= 15 is 0 Å². The van der Waals surface area contributed by atoms with E-state index in [9.17, 15) is 39.6 Å². The number of hydrogen-bond donors (Lipinski definition) is 6. The molecule has 0 unspecified atom stereocenters. The molecular weight excluding hydrogens is 420 g/mol. The number of amides is 2. The van der Waals surface area contributed by atoms with Crippen LogP contribution >= 0.6 is 0 Å². The first-order valence-electron chi connectivity index (χ1n) is 9.62. The molecule has 3 atom stereocenters. The Kier molecular flexibility index (Phi) is 4.60. The lowest BCUT2D eigenvalue weighted by Gasteiger charge is -2.45. The molecule has 10 heteroatoms. The molecule has 0 fully saturated rings. The maximum Gasteiger partial charge on any atom is 0.293 e. The van der Waals surface area contributed by atoms with E-state index < -0.39 is 63.7 Å². The van der Waals surface area contributed by atoms with Crippen LogP contribution in [0.3, 0.4) is 0 Å². The highest BCUT2D eigenvalue weighted by Gasteiger charge is 2.59. The number of nitrogens with two attached hydrogens (primary N) is 2. The third-order valence-corrected chi connectivity index (χ3v) is 6.27. The Balaban J connectivity index is 1.90. The molecule has 0 aromatic heterocycles. The molecule has 0 spiro atoms. The van der Waals surface area contributed by atoms with Gasteiger partial charge in [0.1, 0.15) is 22.8 Å². The highest BCUT2D eigenvalue weighted by Crippen LogP contribution is 2.51. The summed E-state index contributed by atoms with van der Waals surface area (Å²) in [6.07, 6.45) is -0.226. The van der Waals surface area contributed by atoms with E-state index in [1.807, 2.05) is 0 Å². The van der Waals surface area contributed by atoms with Crippen LogP contribution in [0.15, 0.2) is 34.8 Å². The number of phenolic OH excluding ortho intramolecular Hbond substituents is 1. The summed E-state index contributed by atoms with van der Waals surface area (Å²) in [6, 6.07) is 2.61. The van der Waals surface area contributed by atoms with Crippen molar-refractivity contribution in [1.29, 1.82) is 0 Å². The fourth-order valence-electron chi connectivity index (χ4n) is 4.87. The number of primary amides is 2. The van der Waals surface area contributed by atoms with Crippen molar-refractivity contribution in [2.24, 2.45) is 23.3 Å². The van der Waals surface area contributed by atoms with Gasteiger partial charge in [0.25, 0.3) is 11.8 Å². The number of carbonyl (C=O) groups excluding carboxylic acids is 4. The van der Waals surface area contributed by atoms with Gasteiger partial charge in [-0.15, -0.1) is 0 Å². The van der Waals surface area contributed by atoms with E-state index in [1.54, 1.807) is 0 Å². The number of hydrogen-bond acceptors (Lipinski definition) is 8. The number of allylic oxidation sites excluding steroid dienone is 2. The number of phenols is 1. The van der Waals surface area contributed by atoms with Crippen LogP contribution in [0.1, 0.15) is 34.3 Å². The maximum absolute atomic E-state index is 13.3. The van der Waals surface area contributed by atoms with Crippen LogP contribution in [0, 0.1) is 23.7 Å². The fourth-order valence-corrected chi connectivity index (χ4v) is 4.87. The highest BCUT2D eigenvalue weighted by atomic mass is 16.3. The molecule has 3 aliphatic carbocycles. The largest absolute Gasteiger partial charge is 0.511 e. The Morgan fingerprint density at radius 1 is 1.09 bits per heavy atom. The molecule has 0 radical (unpaired) electrons. The number of fused-ring (bicyclic) bond motifs is 3. The number of aliphatic hydroxyl groups excluding tert-OH is 2. The molecule has 32 heavy (non-hydrogen) atoms. The van der Waals surface area contributed by atoms with Gasteiger partial charge in [-0.3, -0.25) is 19.2 Å². The van der Waals surface area contributed by atoms with Crippen molar-refractivity contribution < 1.29 is 39.6 Å². The van der Waals surface area contributed by atoms with Crippen molar-refractivity contribution >= 4 is 23.4 Å². The zero-order valence-electron chi connectivity index (χ0n) is 16.5. The molecular formula is C22H18N2O8. The zero-order chi connectivity index (χ0) is 23.5. The predicted molar refractivity (Wildman–Crippen MR) is 107 cm³/mol. The molecule has 0 bridgehead atoms. The third-order valence-electron chi connectivity index (χ3n) is 6.27. The lowest BCUT2D eigenvalue weighted by Crippen LogP contribution is -2.57. The first kappa shape index (κ1) is 21.1. The first-order chi connectivity index (χ1) is 15.0. The van der Waals surface area contributed by atoms with Gasteiger partial charge in [-0.2, -0.15) is 0 Å². The first-order valence-corrected chi connectivity index (χ1v) is 9.62. The summed E-state index contributed by atoms with van der Waals surface area (Å²) in [5, 5.41) is 42.5. The number of aliphatic hydroxyl groups is 3. The second-order valence-electron chi connectivity index (χ2n) is 8.01. The molecule has 2 amide bonds.